The molecule has 0 radical (unpaired) electrons. The average Bonchev–Trinajstić information content (AvgIpc) is 2.69. The van der Waals surface area contributed by atoms with E-state index in [1.165, 1.54) is 24.3 Å². The van der Waals surface area contributed by atoms with E-state index in [9.17, 15) is 17.6 Å². The fourth-order valence-electron chi connectivity index (χ4n) is 3.52. The Bertz CT molecular complexity index is 739. The number of likely N-dealkylation sites (tertiary alicyclic amines) is 1. The summed E-state index contributed by atoms with van der Waals surface area (Å²) in [4.78, 5) is 2.39. The summed E-state index contributed by atoms with van der Waals surface area (Å²) in [6, 6.07) is 12.1. The van der Waals surface area contributed by atoms with E-state index in [2.05, 4.69) is 9.64 Å². The number of alkyl halides is 3. The Hall–Kier alpha value is -2.28. The average molecular weight is 411 g/mol. The smallest absolute Gasteiger partial charge is 0.494 e. The Morgan fingerprint density at radius 2 is 1.52 bits per heavy atom. The van der Waals surface area contributed by atoms with Crippen LogP contribution >= 0.6 is 0 Å². The van der Waals surface area contributed by atoms with E-state index in [0.29, 0.717) is 18.3 Å². The molecule has 0 aliphatic carbocycles. The zero-order valence-electron chi connectivity index (χ0n) is 16.1. The predicted octanol–water partition coefficient (Wildman–Crippen LogP) is 5.45. The molecular weight excluding hydrogens is 386 g/mol. The standard InChI is InChI=1S/C22H25F4NO2/c23-19-3-7-20(8-4-19)28-16-12-18-10-14-27(15-11-18)13-9-17-1-5-21(6-2-17)29-22(24,25)26/h1-8,18H,9-16H2. The molecule has 0 bridgehead atoms. The van der Waals surface area contributed by atoms with Crippen LogP contribution in [0.3, 0.4) is 0 Å². The molecule has 3 nitrogen and oxygen atoms in total. The van der Waals surface area contributed by atoms with Crippen molar-refractivity contribution in [2.24, 2.45) is 5.92 Å². The zero-order chi connectivity index (χ0) is 20.7. The molecule has 2 aromatic carbocycles. The first-order chi connectivity index (χ1) is 13.9. The Balaban J connectivity index is 1.32. The van der Waals surface area contributed by atoms with Gasteiger partial charge in [-0.3, -0.25) is 0 Å². The van der Waals surface area contributed by atoms with Crippen molar-refractivity contribution in [1.29, 1.82) is 0 Å². The molecule has 1 heterocycles. The Kier molecular flexibility index (Phi) is 7.36. The highest BCUT2D eigenvalue weighted by Gasteiger charge is 2.30. The molecule has 158 valence electrons. The first-order valence-electron chi connectivity index (χ1n) is 9.83. The van der Waals surface area contributed by atoms with Crippen molar-refractivity contribution >= 4 is 0 Å². The molecule has 0 aromatic heterocycles. The van der Waals surface area contributed by atoms with E-state index in [1.807, 2.05) is 0 Å². The van der Waals surface area contributed by atoms with Crippen LogP contribution in [0, 0.1) is 11.7 Å². The summed E-state index contributed by atoms with van der Waals surface area (Å²) in [5, 5.41) is 0. The van der Waals surface area contributed by atoms with Crippen molar-refractivity contribution in [1.82, 2.24) is 4.90 Å². The Labute approximate surface area is 168 Å². The van der Waals surface area contributed by atoms with Crippen LogP contribution < -0.4 is 9.47 Å². The summed E-state index contributed by atoms with van der Waals surface area (Å²) in [5.41, 5.74) is 0.995. The second kappa shape index (κ2) is 9.96. The maximum atomic E-state index is 12.9. The van der Waals surface area contributed by atoms with E-state index < -0.39 is 6.36 Å². The van der Waals surface area contributed by atoms with Crippen molar-refractivity contribution in [2.75, 3.05) is 26.2 Å². The first kappa shape index (κ1) is 21.4. The SMILES string of the molecule is Fc1ccc(OCCC2CCN(CCc3ccc(OC(F)(F)F)cc3)CC2)cc1. The predicted molar refractivity (Wildman–Crippen MR) is 103 cm³/mol. The fraction of sp³-hybridized carbons (Fsp3) is 0.455. The van der Waals surface area contributed by atoms with Gasteiger partial charge < -0.3 is 14.4 Å². The van der Waals surface area contributed by atoms with Crippen LogP contribution in [-0.4, -0.2) is 37.5 Å². The highest BCUT2D eigenvalue weighted by molar-refractivity contribution is 5.27. The van der Waals surface area contributed by atoms with Crippen LogP contribution in [0.1, 0.15) is 24.8 Å². The molecule has 1 aliphatic heterocycles. The molecule has 0 unspecified atom stereocenters. The molecule has 0 saturated carbocycles. The summed E-state index contributed by atoms with van der Waals surface area (Å²) in [6.07, 6.45) is -0.678. The minimum Gasteiger partial charge on any atom is -0.494 e. The highest BCUT2D eigenvalue weighted by atomic mass is 19.4. The van der Waals surface area contributed by atoms with Gasteiger partial charge in [0.15, 0.2) is 0 Å². The molecule has 2 aromatic rings. The van der Waals surface area contributed by atoms with Crippen LogP contribution in [-0.2, 0) is 6.42 Å². The third kappa shape index (κ3) is 7.57. The van der Waals surface area contributed by atoms with Gasteiger partial charge in [-0.05, 0) is 86.7 Å². The van der Waals surface area contributed by atoms with Crippen molar-refractivity contribution < 1.29 is 27.0 Å². The van der Waals surface area contributed by atoms with E-state index >= 15 is 0 Å². The molecule has 1 aliphatic rings. The number of benzene rings is 2. The third-order valence-electron chi connectivity index (χ3n) is 5.19. The molecule has 1 fully saturated rings. The van der Waals surface area contributed by atoms with Crippen LogP contribution in [0.2, 0.25) is 0 Å². The lowest BCUT2D eigenvalue weighted by atomic mass is 9.93. The quantitative estimate of drug-likeness (QED) is 0.540. The number of piperidine rings is 1. The number of halogens is 4. The van der Waals surface area contributed by atoms with Gasteiger partial charge in [-0.1, -0.05) is 12.1 Å². The van der Waals surface area contributed by atoms with Gasteiger partial charge in [0.2, 0.25) is 0 Å². The number of hydrogen-bond donors (Lipinski definition) is 0. The van der Waals surface area contributed by atoms with Crippen molar-refractivity contribution in [3.05, 3.63) is 59.9 Å². The van der Waals surface area contributed by atoms with Gasteiger partial charge in [0.1, 0.15) is 17.3 Å². The van der Waals surface area contributed by atoms with E-state index in [4.69, 9.17) is 4.74 Å². The summed E-state index contributed by atoms with van der Waals surface area (Å²) in [7, 11) is 0. The van der Waals surface area contributed by atoms with Gasteiger partial charge in [-0.15, -0.1) is 13.2 Å². The molecule has 0 amide bonds. The lowest BCUT2D eigenvalue weighted by molar-refractivity contribution is -0.274. The maximum Gasteiger partial charge on any atom is 0.573 e. The zero-order valence-corrected chi connectivity index (χ0v) is 16.1. The molecule has 0 N–H and O–H groups in total. The maximum absolute atomic E-state index is 12.9. The summed E-state index contributed by atoms with van der Waals surface area (Å²) >= 11 is 0. The Morgan fingerprint density at radius 1 is 0.897 bits per heavy atom. The highest BCUT2D eigenvalue weighted by Crippen LogP contribution is 2.24. The second-order valence-electron chi connectivity index (χ2n) is 7.32. The molecule has 29 heavy (non-hydrogen) atoms. The topological polar surface area (TPSA) is 21.7 Å². The van der Waals surface area contributed by atoms with Crippen molar-refractivity contribution in [3.8, 4) is 11.5 Å². The van der Waals surface area contributed by atoms with Crippen LogP contribution in [0.15, 0.2) is 48.5 Å². The van der Waals surface area contributed by atoms with Gasteiger partial charge in [-0.2, -0.15) is 0 Å². The first-order valence-corrected chi connectivity index (χ1v) is 9.83. The molecule has 0 spiro atoms. The van der Waals surface area contributed by atoms with Crippen molar-refractivity contribution in [2.45, 2.75) is 32.0 Å². The summed E-state index contributed by atoms with van der Waals surface area (Å²) in [5.74, 6) is 0.848. The van der Waals surface area contributed by atoms with Gasteiger partial charge >= 0.3 is 6.36 Å². The molecule has 1 saturated heterocycles. The molecule has 0 atom stereocenters. The summed E-state index contributed by atoms with van der Waals surface area (Å²) in [6.45, 7) is 3.54. The molecule has 3 rings (SSSR count). The fourth-order valence-corrected chi connectivity index (χ4v) is 3.52. The lowest BCUT2D eigenvalue weighted by Crippen LogP contribution is -2.35. The third-order valence-corrected chi connectivity index (χ3v) is 5.19. The van der Waals surface area contributed by atoms with E-state index in [-0.39, 0.29) is 11.6 Å². The largest absolute Gasteiger partial charge is 0.573 e. The number of hydrogen-bond acceptors (Lipinski definition) is 3. The minimum absolute atomic E-state index is 0.190. The molecular formula is C22H25F4NO2. The Morgan fingerprint density at radius 3 is 2.14 bits per heavy atom. The normalized spacial score (nSPS) is 16.0. The van der Waals surface area contributed by atoms with Crippen molar-refractivity contribution in [3.63, 3.8) is 0 Å². The lowest BCUT2D eigenvalue weighted by Gasteiger charge is -2.32. The number of rotatable bonds is 8. The monoisotopic (exact) mass is 411 g/mol. The van der Waals surface area contributed by atoms with Gasteiger partial charge in [0.05, 0.1) is 6.61 Å². The summed E-state index contributed by atoms with van der Waals surface area (Å²) < 4.78 is 59.0. The van der Waals surface area contributed by atoms with Gasteiger partial charge in [-0.25, -0.2) is 4.39 Å². The van der Waals surface area contributed by atoms with Gasteiger partial charge in [0.25, 0.3) is 0 Å². The van der Waals surface area contributed by atoms with Gasteiger partial charge in [0, 0.05) is 6.54 Å². The van der Waals surface area contributed by atoms with Crippen LogP contribution in [0.5, 0.6) is 11.5 Å². The van der Waals surface area contributed by atoms with E-state index in [1.54, 1.807) is 24.3 Å². The number of nitrogens with zero attached hydrogens (tertiary/aromatic N) is 1. The van der Waals surface area contributed by atoms with E-state index in [0.717, 1.165) is 50.9 Å². The molecule has 7 heteroatoms. The minimum atomic E-state index is -4.66. The van der Waals surface area contributed by atoms with Crippen LogP contribution in [0.25, 0.3) is 0 Å². The number of ether oxygens (including phenoxy) is 2. The van der Waals surface area contributed by atoms with Crippen LogP contribution in [0.4, 0.5) is 17.6 Å². The second-order valence-corrected chi connectivity index (χ2v) is 7.32.